The number of aromatic amines is 2. The molecule has 7 nitrogen and oxygen atoms in total. The summed E-state index contributed by atoms with van der Waals surface area (Å²) in [7, 11) is 0. The monoisotopic (exact) mass is 335 g/mol. The first-order chi connectivity index (χ1) is 12.2. The first-order valence-corrected chi connectivity index (χ1v) is 7.99. The van der Waals surface area contributed by atoms with Gasteiger partial charge in [-0.2, -0.15) is 0 Å². The lowest BCUT2D eigenvalue weighted by atomic mass is 10.3. The SMILES string of the molecule is O=C(O)CN(Cc1nc2ccccc2[nH]1)Cc1nc2ccccc2[nH]1. The third kappa shape index (κ3) is 3.36. The third-order valence-corrected chi connectivity index (χ3v) is 3.98. The smallest absolute Gasteiger partial charge is 0.317 e. The Balaban J connectivity index is 1.57. The van der Waals surface area contributed by atoms with Gasteiger partial charge in [0, 0.05) is 0 Å². The number of carboxylic acids is 1. The number of hydrogen-bond donors (Lipinski definition) is 3. The Morgan fingerprint density at radius 1 is 0.880 bits per heavy atom. The molecular formula is C18H17N5O2. The van der Waals surface area contributed by atoms with Gasteiger partial charge in [0.1, 0.15) is 11.6 Å². The van der Waals surface area contributed by atoms with Crippen molar-refractivity contribution in [3.8, 4) is 0 Å². The van der Waals surface area contributed by atoms with Crippen LogP contribution < -0.4 is 0 Å². The van der Waals surface area contributed by atoms with Gasteiger partial charge < -0.3 is 15.1 Å². The van der Waals surface area contributed by atoms with Gasteiger partial charge in [0.2, 0.25) is 0 Å². The zero-order chi connectivity index (χ0) is 17.2. The number of carboxylic acid groups (broad SMARTS) is 1. The maximum atomic E-state index is 11.2. The predicted molar refractivity (Wildman–Crippen MR) is 93.9 cm³/mol. The fourth-order valence-corrected chi connectivity index (χ4v) is 2.94. The van der Waals surface area contributed by atoms with Crippen LogP contribution in [0.2, 0.25) is 0 Å². The Bertz CT molecular complexity index is 894. The fourth-order valence-electron chi connectivity index (χ4n) is 2.94. The molecule has 0 amide bonds. The van der Waals surface area contributed by atoms with Crippen LogP contribution in [0.25, 0.3) is 22.1 Å². The van der Waals surface area contributed by atoms with E-state index >= 15 is 0 Å². The molecule has 0 aliphatic rings. The van der Waals surface area contributed by atoms with Crippen LogP contribution in [0.15, 0.2) is 48.5 Å². The number of carbonyl (C=O) groups is 1. The normalized spacial score (nSPS) is 11.6. The maximum absolute atomic E-state index is 11.2. The molecule has 0 bridgehead atoms. The number of H-pyrrole nitrogens is 2. The highest BCUT2D eigenvalue weighted by molar-refractivity contribution is 5.75. The summed E-state index contributed by atoms with van der Waals surface area (Å²) in [5, 5.41) is 9.22. The van der Waals surface area contributed by atoms with E-state index in [9.17, 15) is 9.90 Å². The number of nitrogens with zero attached hydrogens (tertiary/aromatic N) is 3. The maximum Gasteiger partial charge on any atom is 0.317 e. The molecule has 0 saturated carbocycles. The van der Waals surface area contributed by atoms with Crippen molar-refractivity contribution in [2.75, 3.05) is 6.54 Å². The number of benzene rings is 2. The highest BCUT2D eigenvalue weighted by atomic mass is 16.4. The largest absolute Gasteiger partial charge is 0.480 e. The van der Waals surface area contributed by atoms with E-state index in [0.717, 1.165) is 33.7 Å². The van der Waals surface area contributed by atoms with E-state index in [1.165, 1.54) is 0 Å². The number of rotatable bonds is 6. The van der Waals surface area contributed by atoms with Gasteiger partial charge in [0.15, 0.2) is 0 Å². The molecule has 4 rings (SSSR count). The summed E-state index contributed by atoms with van der Waals surface area (Å²) in [5.74, 6) is 0.587. The Labute approximate surface area is 143 Å². The van der Waals surface area contributed by atoms with E-state index in [0.29, 0.717) is 13.1 Å². The zero-order valence-electron chi connectivity index (χ0n) is 13.4. The number of nitrogens with one attached hydrogen (secondary N) is 2. The van der Waals surface area contributed by atoms with E-state index in [1.807, 2.05) is 48.5 Å². The quantitative estimate of drug-likeness (QED) is 0.503. The van der Waals surface area contributed by atoms with Gasteiger partial charge in [0.25, 0.3) is 0 Å². The molecular weight excluding hydrogens is 318 g/mol. The van der Waals surface area contributed by atoms with E-state index in [1.54, 1.807) is 4.90 Å². The van der Waals surface area contributed by atoms with Crippen molar-refractivity contribution in [2.45, 2.75) is 13.1 Å². The molecule has 0 aliphatic carbocycles. The second kappa shape index (κ2) is 6.37. The van der Waals surface area contributed by atoms with E-state index < -0.39 is 5.97 Å². The van der Waals surface area contributed by atoms with Gasteiger partial charge >= 0.3 is 5.97 Å². The summed E-state index contributed by atoms with van der Waals surface area (Å²) in [5.41, 5.74) is 3.63. The van der Waals surface area contributed by atoms with Crippen molar-refractivity contribution in [1.29, 1.82) is 0 Å². The number of para-hydroxylation sites is 4. The van der Waals surface area contributed by atoms with Crippen molar-refractivity contribution in [3.05, 3.63) is 60.2 Å². The molecule has 0 unspecified atom stereocenters. The lowest BCUT2D eigenvalue weighted by Crippen LogP contribution is -2.29. The molecule has 2 aromatic heterocycles. The summed E-state index contributed by atoms with van der Waals surface area (Å²) in [6.45, 7) is 0.712. The lowest BCUT2D eigenvalue weighted by Gasteiger charge is -2.17. The van der Waals surface area contributed by atoms with Gasteiger partial charge in [-0.3, -0.25) is 9.69 Å². The highest BCUT2D eigenvalue weighted by Gasteiger charge is 2.15. The minimum Gasteiger partial charge on any atom is -0.480 e. The molecule has 0 atom stereocenters. The van der Waals surface area contributed by atoms with Crippen LogP contribution in [0.5, 0.6) is 0 Å². The average Bonchev–Trinajstić information content (AvgIpc) is 3.16. The van der Waals surface area contributed by atoms with Crippen molar-refractivity contribution < 1.29 is 9.90 Å². The van der Waals surface area contributed by atoms with Crippen LogP contribution in [0.1, 0.15) is 11.6 Å². The number of aromatic nitrogens is 4. The van der Waals surface area contributed by atoms with Crippen LogP contribution in [-0.4, -0.2) is 42.5 Å². The van der Waals surface area contributed by atoms with Crippen LogP contribution >= 0.6 is 0 Å². The van der Waals surface area contributed by atoms with Crippen LogP contribution in [0.3, 0.4) is 0 Å². The van der Waals surface area contributed by atoms with E-state index in [4.69, 9.17) is 0 Å². The lowest BCUT2D eigenvalue weighted by molar-refractivity contribution is -0.138. The van der Waals surface area contributed by atoms with Crippen LogP contribution in [-0.2, 0) is 17.9 Å². The van der Waals surface area contributed by atoms with Crippen molar-refractivity contribution in [2.24, 2.45) is 0 Å². The molecule has 126 valence electrons. The second-order valence-electron chi connectivity index (χ2n) is 5.94. The van der Waals surface area contributed by atoms with Crippen molar-refractivity contribution in [3.63, 3.8) is 0 Å². The van der Waals surface area contributed by atoms with Gasteiger partial charge in [-0.05, 0) is 24.3 Å². The summed E-state index contributed by atoms with van der Waals surface area (Å²) in [4.78, 5) is 28.5. The van der Waals surface area contributed by atoms with Gasteiger partial charge in [-0.1, -0.05) is 24.3 Å². The number of imidazole rings is 2. The topological polar surface area (TPSA) is 97.9 Å². The van der Waals surface area contributed by atoms with Crippen molar-refractivity contribution in [1.82, 2.24) is 24.8 Å². The Morgan fingerprint density at radius 2 is 1.36 bits per heavy atom. The summed E-state index contributed by atoms with van der Waals surface area (Å²) < 4.78 is 0. The standard InChI is InChI=1S/C18H17N5O2/c24-18(25)11-23(9-16-19-12-5-1-2-6-13(12)20-16)10-17-21-14-7-3-4-8-15(14)22-17/h1-8H,9-11H2,(H,19,20)(H,21,22)(H,24,25). The van der Waals surface area contributed by atoms with E-state index in [-0.39, 0.29) is 6.54 Å². The molecule has 0 saturated heterocycles. The first-order valence-electron chi connectivity index (χ1n) is 7.99. The average molecular weight is 335 g/mol. The number of hydrogen-bond acceptors (Lipinski definition) is 4. The molecule has 0 aliphatic heterocycles. The summed E-state index contributed by atoms with van der Waals surface area (Å²) in [6.07, 6.45) is 0. The Kier molecular flexibility index (Phi) is 3.91. The molecule has 0 radical (unpaired) electrons. The molecule has 7 heteroatoms. The van der Waals surface area contributed by atoms with Crippen molar-refractivity contribution >= 4 is 28.0 Å². The van der Waals surface area contributed by atoms with Crippen LogP contribution in [0, 0.1) is 0 Å². The van der Waals surface area contributed by atoms with Crippen LogP contribution in [0.4, 0.5) is 0 Å². The highest BCUT2D eigenvalue weighted by Crippen LogP contribution is 2.15. The van der Waals surface area contributed by atoms with Gasteiger partial charge in [-0.25, -0.2) is 9.97 Å². The Hall–Kier alpha value is -3.19. The first kappa shape index (κ1) is 15.3. The molecule has 3 N–H and O–H groups in total. The third-order valence-electron chi connectivity index (χ3n) is 3.98. The molecule has 4 aromatic rings. The summed E-state index contributed by atoms with van der Waals surface area (Å²) in [6, 6.07) is 15.5. The van der Waals surface area contributed by atoms with Gasteiger partial charge in [-0.15, -0.1) is 0 Å². The predicted octanol–water partition coefficient (Wildman–Crippen LogP) is 2.53. The molecule has 2 heterocycles. The minimum absolute atomic E-state index is 0.0892. The van der Waals surface area contributed by atoms with E-state index in [2.05, 4.69) is 19.9 Å². The molecule has 25 heavy (non-hydrogen) atoms. The molecule has 2 aromatic carbocycles. The molecule has 0 spiro atoms. The second-order valence-corrected chi connectivity index (χ2v) is 5.94. The van der Waals surface area contributed by atoms with Gasteiger partial charge in [0.05, 0.1) is 41.7 Å². The Morgan fingerprint density at radius 3 is 1.80 bits per heavy atom. The molecule has 0 fully saturated rings. The fraction of sp³-hybridized carbons (Fsp3) is 0.167. The number of aliphatic carboxylic acids is 1. The number of fused-ring (bicyclic) bond motifs is 2. The minimum atomic E-state index is -0.882. The zero-order valence-corrected chi connectivity index (χ0v) is 13.4. The summed E-state index contributed by atoms with van der Waals surface area (Å²) >= 11 is 0.